The van der Waals surface area contributed by atoms with Gasteiger partial charge in [0.05, 0.1) is 0 Å². The van der Waals surface area contributed by atoms with Gasteiger partial charge < -0.3 is 4.79 Å². The van der Waals surface area contributed by atoms with E-state index < -0.39 is 0 Å². The van der Waals surface area contributed by atoms with Gasteiger partial charge in [-0.15, -0.1) is 0 Å². The van der Waals surface area contributed by atoms with Gasteiger partial charge in [-0.05, 0) is 6.42 Å². The van der Waals surface area contributed by atoms with Crippen LogP contribution in [0.1, 0.15) is 33.1 Å². The molecule has 0 heterocycles. The van der Waals surface area contributed by atoms with E-state index in [1.807, 2.05) is 13.8 Å². The van der Waals surface area contributed by atoms with Gasteiger partial charge in [-0.2, -0.15) is 0 Å². The van der Waals surface area contributed by atoms with E-state index in [9.17, 15) is 9.59 Å². The molecule has 0 aromatic carbocycles. The summed E-state index contributed by atoms with van der Waals surface area (Å²) in [6, 6.07) is 0. The highest BCUT2D eigenvalue weighted by Gasteiger charge is 2.02. The number of carbonyl (C=O) groups is 2. The molecule has 0 N–H and O–H groups in total. The van der Waals surface area contributed by atoms with Crippen LogP contribution in [0, 0.1) is 5.92 Å². The minimum Gasteiger partial charge on any atom is -0.303 e. The molecule has 0 saturated carbocycles. The Bertz CT molecular complexity index is 118. The van der Waals surface area contributed by atoms with Gasteiger partial charge in [0.2, 0.25) is 0 Å². The fourth-order valence-electron chi connectivity index (χ4n) is 0.633. The van der Waals surface area contributed by atoms with Gasteiger partial charge in [-0.3, -0.25) is 4.79 Å². The van der Waals surface area contributed by atoms with E-state index in [1.54, 1.807) is 0 Å². The van der Waals surface area contributed by atoms with Crippen molar-refractivity contribution in [1.82, 2.24) is 0 Å². The lowest BCUT2D eigenvalue weighted by molar-refractivity contribution is -0.119. The van der Waals surface area contributed by atoms with Crippen molar-refractivity contribution in [3.8, 4) is 0 Å². The van der Waals surface area contributed by atoms with Gasteiger partial charge in [0.15, 0.2) is 0 Å². The SMILES string of the molecule is CCC(=O)CCC(C)C=O. The minimum absolute atomic E-state index is 0.0375. The minimum atomic E-state index is 0.0375. The maximum atomic E-state index is 10.7. The van der Waals surface area contributed by atoms with Crippen molar-refractivity contribution in [2.24, 2.45) is 5.92 Å². The third kappa shape index (κ3) is 4.24. The van der Waals surface area contributed by atoms with Gasteiger partial charge in [0.25, 0.3) is 0 Å². The Hall–Kier alpha value is -0.660. The molecule has 0 fully saturated rings. The lowest BCUT2D eigenvalue weighted by Crippen LogP contribution is -2.01. The van der Waals surface area contributed by atoms with Crippen molar-refractivity contribution in [3.05, 3.63) is 0 Å². The third-order valence-corrected chi connectivity index (χ3v) is 1.51. The van der Waals surface area contributed by atoms with E-state index in [-0.39, 0.29) is 11.7 Å². The zero-order chi connectivity index (χ0) is 7.98. The number of rotatable bonds is 5. The summed E-state index contributed by atoms with van der Waals surface area (Å²) in [5.41, 5.74) is 0. The quantitative estimate of drug-likeness (QED) is 0.546. The zero-order valence-electron chi connectivity index (χ0n) is 6.59. The number of carbonyl (C=O) groups excluding carboxylic acids is 2. The molecular weight excluding hydrogens is 128 g/mol. The Morgan fingerprint density at radius 1 is 1.60 bits per heavy atom. The van der Waals surface area contributed by atoms with E-state index in [0.717, 1.165) is 6.29 Å². The topological polar surface area (TPSA) is 34.1 Å². The van der Waals surface area contributed by atoms with Gasteiger partial charge in [-0.1, -0.05) is 13.8 Å². The van der Waals surface area contributed by atoms with Crippen LogP contribution in [0.4, 0.5) is 0 Å². The first kappa shape index (κ1) is 9.34. The first-order valence-electron chi connectivity index (χ1n) is 3.67. The predicted octanol–water partition coefficient (Wildman–Crippen LogP) is 1.58. The fraction of sp³-hybridized carbons (Fsp3) is 0.750. The Morgan fingerprint density at radius 2 is 2.20 bits per heavy atom. The summed E-state index contributed by atoms with van der Waals surface area (Å²) in [5.74, 6) is 0.282. The zero-order valence-corrected chi connectivity index (χ0v) is 6.59. The average molecular weight is 142 g/mol. The van der Waals surface area contributed by atoms with Crippen molar-refractivity contribution in [3.63, 3.8) is 0 Å². The summed E-state index contributed by atoms with van der Waals surface area (Å²) in [6.07, 6.45) is 2.74. The molecule has 0 radical (unpaired) electrons. The molecule has 2 heteroatoms. The van der Waals surface area contributed by atoms with E-state index in [2.05, 4.69) is 0 Å². The molecule has 0 aromatic rings. The van der Waals surface area contributed by atoms with Crippen LogP contribution in [-0.4, -0.2) is 12.1 Å². The first-order chi connectivity index (χ1) is 4.70. The molecule has 0 aliphatic rings. The lowest BCUT2D eigenvalue weighted by Gasteiger charge is -1.99. The molecule has 0 spiro atoms. The van der Waals surface area contributed by atoms with Crippen molar-refractivity contribution in [1.29, 1.82) is 0 Å². The normalized spacial score (nSPS) is 12.6. The van der Waals surface area contributed by atoms with Crippen LogP contribution in [0.25, 0.3) is 0 Å². The van der Waals surface area contributed by atoms with Gasteiger partial charge in [0, 0.05) is 18.8 Å². The number of Topliss-reactive ketones (excluding diaryl/α,β-unsaturated/α-hetero) is 1. The highest BCUT2D eigenvalue weighted by atomic mass is 16.1. The molecule has 0 bridgehead atoms. The van der Waals surface area contributed by atoms with Crippen LogP contribution < -0.4 is 0 Å². The molecule has 0 aliphatic heterocycles. The number of hydrogen-bond donors (Lipinski definition) is 0. The second-order valence-electron chi connectivity index (χ2n) is 2.54. The van der Waals surface area contributed by atoms with Crippen LogP contribution >= 0.6 is 0 Å². The monoisotopic (exact) mass is 142 g/mol. The second-order valence-corrected chi connectivity index (χ2v) is 2.54. The summed E-state index contributed by atoms with van der Waals surface area (Å²) in [6.45, 7) is 3.67. The first-order valence-corrected chi connectivity index (χ1v) is 3.67. The molecule has 0 aliphatic carbocycles. The van der Waals surface area contributed by atoms with E-state index in [0.29, 0.717) is 19.3 Å². The Kier molecular flexibility index (Phi) is 4.81. The highest BCUT2D eigenvalue weighted by Crippen LogP contribution is 2.03. The van der Waals surface area contributed by atoms with Gasteiger partial charge in [0.1, 0.15) is 12.1 Å². The molecule has 1 unspecified atom stereocenters. The maximum absolute atomic E-state index is 10.7. The molecular formula is C8H14O2. The maximum Gasteiger partial charge on any atom is 0.132 e. The van der Waals surface area contributed by atoms with Crippen LogP contribution in [0.2, 0.25) is 0 Å². The smallest absolute Gasteiger partial charge is 0.132 e. The number of ketones is 1. The summed E-state index contributed by atoms with van der Waals surface area (Å²) < 4.78 is 0. The second kappa shape index (κ2) is 5.15. The summed E-state index contributed by atoms with van der Waals surface area (Å²) in [5, 5.41) is 0. The van der Waals surface area contributed by atoms with Crippen LogP contribution in [0.15, 0.2) is 0 Å². The predicted molar refractivity (Wildman–Crippen MR) is 39.8 cm³/mol. The number of hydrogen-bond acceptors (Lipinski definition) is 2. The Labute approximate surface area is 61.6 Å². The largest absolute Gasteiger partial charge is 0.303 e. The van der Waals surface area contributed by atoms with E-state index >= 15 is 0 Å². The molecule has 1 atom stereocenters. The van der Waals surface area contributed by atoms with E-state index in [1.165, 1.54) is 0 Å². The van der Waals surface area contributed by atoms with E-state index in [4.69, 9.17) is 0 Å². The van der Waals surface area contributed by atoms with Crippen LogP contribution in [-0.2, 0) is 9.59 Å². The van der Waals surface area contributed by atoms with Crippen molar-refractivity contribution >= 4 is 12.1 Å². The van der Waals surface area contributed by atoms with Crippen LogP contribution in [0.3, 0.4) is 0 Å². The van der Waals surface area contributed by atoms with Crippen molar-refractivity contribution in [2.45, 2.75) is 33.1 Å². The molecule has 2 nitrogen and oxygen atoms in total. The molecule has 10 heavy (non-hydrogen) atoms. The number of aldehydes is 1. The average Bonchev–Trinajstić information content (AvgIpc) is 1.99. The third-order valence-electron chi connectivity index (χ3n) is 1.51. The Balaban J connectivity index is 3.34. The summed E-state index contributed by atoms with van der Waals surface area (Å²) >= 11 is 0. The summed E-state index contributed by atoms with van der Waals surface area (Å²) in [4.78, 5) is 20.8. The summed E-state index contributed by atoms with van der Waals surface area (Å²) in [7, 11) is 0. The fourth-order valence-corrected chi connectivity index (χ4v) is 0.633. The standard InChI is InChI=1S/C8H14O2/c1-3-8(10)5-4-7(2)6-9/h6-7H,3-5H2,1-2H3. The molecule has 0 aromatic heterocycles. The molecule has 0 amide bonds. The van der Waals surface area contributed by atoms with Crippen molar-refractivity contribution in [2.75, 3.05) is 0 Å². The highest BCUT2D eigenvalue weighted by molar-refractivity contribution is 5.78. The van der Waals surface area contributed by atoms with Gasteiger partial charge in [-0.25, -0.2) is 0 Å². The molecule has 58 valence electrons. The van der Waals surface area contributed by atoms with Crippen molar-refractivity contribution < 1.29 is 9.59 Å². The Morgan fingerprint density at radius 3 is 2.60 bits per heavy atom. The molecule has 0 saturated heterocycles. The van der Waals surface area contributed by atoms with Gasteiger partial charge >= 0.3 is 0 Å². The molecule has 0 rings (SSSR count). The van der Waals surface area contributed by atoms with Crippen LogP contribution in [0.5, 0.6) is 0 Å². The lowest BCUT2D eigenvalue weighted by atomic mass is 10.0.